The summed E-state index contributed by atoms with van der Waals surface area (Å²) in [6.45, 7) is 7.70. The third-order valence-electron chi connectivity index (χ3n) is 5.49. The molecule has 3 atom stereocenters. The fourth-order valence-electron chi connectivity index (χ4n) is 4.13. The van der Waals surface area contributed by atoms with E-state index in [-0.39, 0.29) is 11.5 Å². The lowest BCUT2D eigenvalue weighted by atomic mass is 9.76. The predicted molar refractivity (Wildman–Crippen MR) is 99.4 cm³/mol. The Labute approximate surface area is 145 Å². The van der Waals surface area contributed by atoms with Crippen molar-refractivity contribution < 1.29 is 4.74 Å². The molecule has 1 N–H and O–H groups in total. The van der Waals surface area contributed by atoms with Gasteiger partial charge in [0, 0.05) is 23.8 Å². The lowest BCUT2D eigenvalue weighted by molar-refractivity contribution is -0.0382. The molecule has 2 nitrogen and oxygen atoms in total. The molecule has 126 valence electrons. The fourth-order valence-corrected chi connectivity index (χ4v) is 4.13. The summed E-state index contributed by atoms with van der Waals surface area (Å²) in [5.74, 6) is 0.504. The Morgan fingerprint density at radius 1 is 1.04 bits per heavy atom. The average Bonchev–Trinajstić information content (AvgIpc) is 2.60. The predicted octanol–water partition coefficient (Wildman–Crippen LogP) is 5.62. The first-order valence-electron chi connectivity index (χ1n) is 9.11. The van der Waals surface area contributed by atoms with Gasteiger partial charge in [0.15, 0.2) is 0 Å². The van der Waals surface area contributed by atoms with Crippen molar-refractivity contribution in [2.75, 3.05) is 11.9 Å². The second-order valence-corrected chi connectivity index (χ2v) is 8.18. The van der Waals surface area contributed by atoms with E-state index in [4.69, 9.17) is 4.74 Å². The molecule has 2 aliphatic heterocycles. The fraction of sp³-hybridized carbons (Fsp3) is 0.455. The SMILES string of the molecule is CC(C)(C)c1ccc2c(c1)[C@H]1OCCC[C@H]1[C@@H](c1ccccc1)N2. The van der Waals surface area contributed by atoms with E-state index in [1.807, 2.05) is 0 Å². The molecule has 0 unspecified atom stereocenters. The van der Waals surface area contributed by atoms with Crippen LogP contribution in [0.15, 0.2) is 48.5 Å². The minimum Gasteiger partial charge on any atom is -0.378 e. The quantitative estimate of drug-likeness (QED) is 0.736. The molecule has 0 amide bonds. The Balaban J connectivity index is 1.77. The molecule has 4 rings (SSSR count). The second-order valence-electron chi connectivity index (χ2n) is 8.18. The first-order chi connectivity index (χ1) is 11.5. The lowest BCUT2D eigenvalue weighted by Crippen LogP contribution is -2.36. The minimum absolute atomic E-state index is 0.162. The van der Waals surface area contributed by atoms with Crippen LogP contribution in [-0.2, 0) is 10.2 Å². The van der Waals surface area contributed by atoms with E-state index in [0.717, 1.165) is 13.0 Å². The first kappa shape index (κ1) is 15.7. The van der Waals surface area contributed by atoms with Crippen molar-refractivity contribution in [3.05, 3.63) is 65.2 Å². The maximum atomic E-state index is 6.29. The zero-order valence-corrected chi connectivity index (χ0v) is 14.9. The molecule has 1 saturated heterocycles. The van der Waals surface area contributed by atoms with Crippen LogP contribution in [0.5, 0.6) is 0 Å². The van der Waals surface area contributed by atoms with Crippen molar-refractivity contribution in [2.45, 2.75) is 51.2 Å². The molecule has 0 bridgehead atoms. The monoisotopic (exact) mass is 321 g/mol. The van der Waals surface area contributed by atoms with Gasteiger partial charge in [-0.1, -0.05) is 63.2 Å². The zero-order valence-electron chi connectivity index (χ0n) is 14.9. The Morgan fingerprint density at radius 2 is 1.83 bits per heavy atom. The second kappa shape index (κ2) is 5.93. The molecule has 0 aliphatic carbocycles. The van der Waals surface area contributed by atoms with Crippen molar-refractivity contribution in [1.82, 2.24) is 0 Å². The minimum atomic E-state index is 0.162. The summed E-state index contributed by atoms with van der Waals surface area (Å²) >= 11 is 0. The number of rotatable bonds is 1. The number of ether oxygens (including phenoxy) is 1. The van der Waals surface area contributed by atoms with Gasteiger partial charge in [0.2, 0.25) is 0 Å². The highest BCUT2D eigenvalue weighted by molar-refractivity contribution is 5.59. The van der Waals surface area contributed by atoms with Crippen LogP contribution in [0.2, 0.25) is 0 Å². The Hall–Kier alpha value is -1.80. The molecule has 2 aliphatic rings. The normalized spacial score (nSPS) is 26.2. The molecule has 24 heavy (non-hydrogen) atoms. The van der Waals surface area contributed by atoms with Crippen molar-refractivity contribution >= 4 is 5.69 Å². The van der Waals surface area contributed by atoms with E-state index >= 15 is 0 Å². The third-order valence-corrected chi connectivity index (χ3v) is 5.49. The molecule has 1 fully saturated rings. The van der Waals surface area contributed by atoms with Crippen molar-refractivity contribution in [3.63, 3.8) is 0 Å². The molecule has 0 spiro atoms. The Bertz CT molecular complexity index is 716. The lowest BCUT2D eigenvalue weighted by Gasteiger charge is -2.44. The van der Waals surface area contributed by atoms with Gasteiger partial charge in [-0.25, -0.2) is 0 Å². The van der Waals surface area contributed by atoms with Crippen LogP contribution in [0.4, 0.5) is 5.69 Å². The largest absolute Gasteiger partial charge is 0.378 e. The maximum absolute atomic E-state index is 6.29. The number of nitrogens with one attached hydrogen (secondary N) is 1. The molecule has 0 aromatic heterocycles. The van der Waals surface area contributed by atoms with Crippen LogP contribution >= 0.6 is 0 Å². The van der Waals surface area contributed by atoms with Gasteiger partial charge in [-0.3, -0.25) is 0 Å². The van der Waals surface area contributed by atoms with Crippen molar-refractivity contribution in [2.24, 2.45) is 5.92 Å². The van der Waals surface area contributed by atoms with Crippen LogP contribution in [-0.4, -0.2) is 6.61 Å². The standard InChI is InChI=1S/C22H27NO/c1-22(2,3)16-11-12-19-18(14-16)21-17(10-7-13-24-21)20(23-19)15-8-5-4-6-9-15/h4-6,8-9,11-12,14,17,20-21,23H,7,10,13H2,1-3H3/t17-,20+,21-/m0/s1. The third kappa shape index (κ3) is 2.73. The number of hydrogen-bond donors (Lipinski definition) is 1. The molecule has 2 aromatic rings. The van der Waals surface area contributed by atoms with Gasteiger partial charge in [0.25, 0.3) is 0 Å². The zero-order chi connectivity index (χ0) is 16.7. The molecular formula is C22H27NO. The summed E-state index contributed by atoms with van der Waals surface area (Å²) in [5.41, 5.74) is 5.49. The van der Waals surface area contributed by atoms with Gasteiger partial charge in [-0.2, -0.15) is 0 Å². The van der Waals surface area contributed by atoms with E-state index in [1.54, 1.807) is 0 Å². The van der Waals surface area contributed by atoms with Gasteiger partial charge >= 0.3 is 0 Å². The Morgan fingerprint density at radius 3 is 2.58 bits per heavy atom. The average molecular weight is 321 g/mol. The summed E-state index contributed by atoms with van der Waals surface area (Å²) in [5, 5.41) is 3.81. The molecule has 2 aromatic carbocycles. The summed E-state index contributed by atoms with van der Waals surface area (Å²) in [7, 11) is 0. The van der Waals surface area contributed by atoms with E-state index < -0.39 is 0 Å². The van der Waals surface area contributed by atoms with Gasteiger partial charge < -0.3 is 10.1 Å². The van der Waals surface area contributed by atoms with E-state index in [1.165, 1.54) is 28.8 Å². The Kier molecular flexibility index (Phi) is 3.88. The molecule has 0 saturated carbocycles. The van der Waals surface area contributed by atoms with Gasteiger partial charge in [-0.05, 0) is 35.4 Å². The first-order valence-corrected chi connectivity index (χ1v) is 9.11. The van der Waals surface area contributed by atoms with E-state index in [9.17, 15) is 0 Å². The van der Waals surface area contributed by atoms with Crippen molar-refractivity contribution in [1.29, 1.82) is 0 Å². The van der Waals surface area contributed by atoms with Crippen LogP contribution in [0.25, 0.3) is 0 Å². The number of anilines is 1. The van der Waals surface area contributed by atoms with Gasteiger partial charge in [-0.15, -0.1) is 0 Å². The highest BCUT2D eigenvalue weighted by atomic mass is 16.5. The van der Waals surface area contributed by atoms with Gasteiger partial charge in [0.1, 0.15) is 0 Å². The number of fused-ring (bicyclic) bond motifs is 3. The smallest absolute Gasteiger partial charge is 0.0895 e. The van der Waals surface area contributed by atoms with Crippen LogP contribution in [0.3, 0.4) is 0 Å². The molecular weight excluding hydrogens is 294 g/mol. The van der Waals surface area contributed by atoms with Gasteiger partial charge in [0.05, 0.1) is 12.1 Å². The summed E-state index contributed by atoms with van der Waals surface area (Å²) in [6.07, 6.45) is 2.58. The highest BCUT2D eigenvalue weighted by Crippen LogP contribution is 2.49. The highest BCUT2D eigenvalue weighted by Gasteiger charge is 2.40. The topological polar surface area (TPSA) is 21.3 Å². The summed E-state index contributed by atoms with van der Waals surface area (Å²) < 4.78 is 6.29. The summed E-state index contributed by atoms with van der Waals surface area (Å²) in [6, 6.07) is 18.0. The summed E-state index contributed by atoms with van der Waals surface area (Å²) in [4.78, 5) is 0. The number of hydrogen-bond acceptors (Lipinski definition) is 2. The van der Waals surface area contributed by atoms with Crippen LogP contribution in [0.1, 0.15) is 62.4 Å². The maximum Gasteiger partial charge on any atom is 0.0895 e. The van der Waals surface area contributed by atoms with E-state index in [2.05, 4.69) is 74.6 Å². The van der Waals surface area contributed by atoms with Crippen LogP contribution < -0.4 is 5.32 Å². The molecule has 2 heterocycles. The molecule has 2 heteroatoms. The van der Waals surface area contributed by atoms with E-state index in [0.29, 0.717) is 12.0 Å². The van der Waals surface area contributed by atoms with Crippen molar-refractivity contribution in [3.8, 4) is 0 Å². The molecule has 0 radical (unpaired) electrons. The van der Waals surface area contributed by atoms with Crippen LogP contribution in [0, 0.1) is 5.92 Å². The number of benzene rings is 2.